The molecule has 13 heavy (non-hydrogen) atoms. The quantitative estimate of drug-likeness (QED) is 0.690. The number of H-pyrrole nitrogens is 1. The maximum absolute atomic E-state index is 5.44. The summed E-state index contributed by atoms with van der Waals surface area (Å²) >= 11 is 0. The van der Waals surface area contributed by atoms with Gasteiger partial charge in [0.25, 0.3) is 0 Å². The van der Waals surface area contributed by atoms with E-state index in [1.807, 2.05) is 0 Å². The van der Waals surface area contributed by atoms with Gasteiger partial charge in [0.1, 0.15) is 11.3 Å². The molecule has 0 aromatic carbocycles. The summed E-state index contributed by atoms with van der Waals surface area (Å²) in [5, 5.41) is 0. The fourth-order valence-corrected chi connectivity index (χ4v) is 1.06. The van der Waals surface area contributed by atoms with Gasteiger partial charge in [-0.05, 0) is 0 Å². The topological polar surface area (TPSA) is 80.5 Å². The first-order chi connectivity index (χ1) is 6.25. The molecule has 2 heterocycles. The molecule has 0 radical (unpaired) electrons. The van der Waals surface area contributed by atoms with Gasteiger partial charge in [0, 0.05) is 12.1 Å². The van der Waals surface area contributed by atoms with E-state index in [0.29, 0.717) is 17.9 Å². The van der Waals surface area contributed by atoms with Gasteiger partial charge in [-0.3, -0.25) is 0 Å². The summed E-state index contributed by atoms with van der Waals surface area (Å²) in [4.78, 5) is 15.2. The van der Waals surface area contributed by atoms with E-state index < -0.39 is 0 Å². The molecule has 0 aliphatic heterocycles. The van der Waals surface area contributed by atoms with Crippen molar-refractivity contribution < 1.29 is 0 Å². The smallest absolute Gasteiger partial charge is 0.160 e. The highest BCUT2D eigenvalue weighted by Gasteiger charge is 2.01. The lowest BCUT2D eigenvalue weighted by molar-refractivity contribution is 0.961. The van der Waals surface area contributed by atoms with E-state index in [1.165, 1.54) is 0 Å². The molecule has 0 fully saturated rings. The Morgan fingerprint density at radius 2 is 2.38 bits per heavy atom. The molecule has 0 spiro atoms. The largest absolute Gasteiger partial charge is 0.402 e. The van der Waals surface area contributed by atoms with Crippen molar-refractivity contribution >= 4 is 11.2 Å². The Morgan fingerprint density at radius 1 is 1.54 bits per heavy atom. The number of nitrogens with one attached hydrogen (secondary N) is 1. The van der Waals surface area contributed by atoms with Crippen LogP contribution in [-0.2, 0) is 6.42 Å². The molecule has 0 aliphatic carbocycles. The number of allylic oxidation sites excluding steroid dienone is 1. The maximum atomic E-state index is 5.44. The molecule has 2 aromatic rings. The molecule has 0 saturated carbocycles. The van der Waals surface area contributed by atoms with Gasteiger partial charge in [-0.15, -0.1) is 0 Å². The number of nitrogens with zero attached hydrogens (tertiary/aromatic N) is 3. The van der Waals surface area contributed by atoms with E-state index in [2.05, 4.69) is 26.5 Å². The molecule has 0 atom stereocenters. The molecule has 2 rings (SSSR count). The number of hydrogen-bond donors (Lipinski definition) is 2. The van der Waals surface area contributed by atoms with Crippen LogP contribution < -0.4 is 5.73 Å². The van der Waals surface area contributed by atoms with Gasteiger partial charge in [-0.2, -0.15) is 0 Å². The molecular weight excluding hydrogens is 166 g/mol. The zero-order valence-electron chi connectivity index (χ0n) is 6.99. The normalized spacial score (nSPS) is 10.5. The first-order valence-electron chi connectivity index (χ1n) is 3.84. The summed E-state index contributed by atoms with van der Waals surface area (Å²) in [7, 11) is 0. The number of fused-ring (bicyclic) bond motifs is 1. The van der Waals surface area contributed by atoms with Crippen LogP contribution >= 0.6 is 0 Å². The van der Waals surface area contributed by atoms with E-state index in [0.717, 1.165) is 11.2 Å². The molecule has 0 bridgehead atoms. The fourth-order valence-electron chi connectivity index (χ4n) is 1.06. The van der Waals surface area contributed by atoms with Crippen molar-refractivity contribution in [3.05, 3.63) is 30.6 Å². The minimum atomic E-state index is 0.495. The molecule has 0 amide bonds. The minimum Gasteiger partial charge on any atom is -0.402 e. The Morgan fingerprint density at radius 3 is 3.15 bits per heavy atom. The monoisotopic (exact) mass is 175 g/mol. The van der Waals surface area contributed by atoms with Crippen LogP contribution in [-0.4, -0.2) is 19.9 Å². The van der Waals surface area contributed by atoms with Gasteiger partial charge < -0.3 is 10.7 Å². The Hall–Kier alpha value is -1.91. The number of aromatic nitrogens is 4. The minimum absolute atomic E-state index is 0.495. The highest BCUT2D eigenvalue weighted by molar-refractivity contribution is 5.68. The van der Waals surface area contributed by atoms with Crippen molar-refractivity contribution in [3.8, 4) is 0 Å². The highest BCUT2D eigenvalue weighted by Crippen LogP contribution is 2.05. The Kier molecular flexibility index (Phi) is 1.70. The highest BCUT2D eigenvalue weighted by atomic mass is 15.0. The van der Waals surface area contributed by atoms with Crippen LogP contribution in [0.2, 0.25) is 0 Å². The Bertz CT molecular complexity index is 444. The summed E-state index contributed by atoms with van der Waals surface area (Å²) in [6, 6.07) is 0. The van der Waals surface area contributed by atoms with E-state index in [4.69, 9.17) is 5.73 Å². The lowest BCUT2D eigenvalue weighted by atomic mass is 10.3. The predicted octanol–water partition coefficient (Wildman–Crippen LogP) is 0.368. The van der Waals surface area contributed by atoms with Crippen LogP contribution in [0.5, 0.6) is 0 Å². The zero-order valence-corrected chi connectivity index (χ0v) is 6.99. The third-order valence-electron chi connectivity index (χ3n) is 1.61. The number of nitrogens with two attached hydrogens (primary N) is 1. The second-order valence-electron chi connectivity index (χ2n) is 2.76. The standard InChI is InChI=1S/C8H9N5/c1-5(9)2-7-10-3-6-8(13-7)12-4-11-6/h3-4H,1-2,9H2,(H,10,11,12,13). The van der Waals surface area contributed by atoms with Crippen molar-refractivity contribution in [2.45, 2.75) is 6.42 Å². The van der Waals surface area contributed by atoms with Crippen LogP contribution in [0.15, 0.2) is 24.8 Å². The predicted molar refractivity (Wildman–Crippen MR) is 48.7 cm³/mol. The Balaban J connectivity index is 2.42. The third kappa shape index (κ3) is 1.48. The maximum Gasteiger partial charge on any atom is 0.160 e. The summed E-state index contributed by atoms with van der Waals surface area (Å²) in [5.74, 6) is 0.657. The Labute approximate surface area is 74.7 Å². The molecule has 0 unspecified atom stereocenters. The molecule has 5 nitrogen and oxygen atoms in total. The van der Waals surface area contributed by atoms with Gasteiger partial charge in [0.2, 0.25) is 0 Å². The molecule has 2 aromatic heterocycles. The second-order valence-corrected chi connectivity index (χ2v) is 2.76. The summed E-state index contributed by atoms with van der Waals surface area (Å²) in [6.45, 7) is 3.59. The first-order valence-corrected chi connectivity index (χ1v) is 3.84. The number of rotatable bonds is 2. The van der Waals surface area contributed by atoms with E-state index >= 15 is 0 Å². The molecule has 3 N–H and O–H groups in total. The van der Waals surface area contributed by atoms with Gasteiger partial charge in [0.15, 0.2) is 5.65 Å². The lowest BCUT2D eigenvalue weighted by Gasteiger charge is -1.97. The van der Waals surface area contributed by atoms with Crippen molar-refractivity contribution in [1.29, 1.82) is 0 Å². The van der Waals surface area contributed by atoms with Gasteiger partial charge in [0.05, 0.1) is 12.5 Å². The van der Waals surface area contributed by atoms with Gasteiger partial charge in [-0.25, -0.2) is 15.0 Å². The van der Waals surface area contributed by atoms with E-state index in [9.17, 15) is 0 Å². The average molecular weight is 175 g/mol. The van der Waals surface area contributed by atoms with Gasteiger partial charge in [-0.1, -0.05) is 6.58 Å². The molecule has 0 saturated heterocycles. The van der Waals surface area contributed by atoms with Crippen molar-refractivity contribution in [1.82, 2.24) is 19.9 Å². The van der Waals surface area contributed by atoms with Gasteiger partial charge >= 0.3 is 0 Å². The van der Waals surface area contributed by atoms with Crippen LogP contribution in [0.3, 0.4) is 0 Å². The van der Waals surface area contributed by atoms with Crippen molar-refractivity contribution in [2.75, 3.05) is 0 Å². The zero-order chi connectivity index (χ0) is 9.26. The number of hydrogen-bond acceptors (Lipinski definition) is 4. The lowest BCUT2D eigenvalue weighted by Crippen LogP contribution is -2.03. The first kappa shape index (κ1) is 7.72. The molecular formula is C8H9N5. The molecule has 0 aliphatic rings. The average Bonchev–Trinajstić information content (AvgIpc) is 2.49. The molecule has 5 heteroatoms. The van der Waals surface area contributed by atoms with Crippen LogP contribution in [0.1, 0.15) is 5.82 Å². The molecule has 66 valence electrons. The number of aromatic amines is 1. The van der Waals surface area contributed by atoms with Crippen LogP contribution in [0, 0.1) is 0 Å². The second kappa shape index (κ2) is 2.85. The summed E-state index contributed by atoms with van der Waals surface area (Å²) in [5.41, 5.74) is 7.48. The summed E-state index contributed by atoms with van der Waals surface area (Å²) < 4.78 is 0. The number of imidazole rings is 1. The van der Waals surface area contributed by atoms with Crippen molar-refractivity contribution in [2.24, 2.45) is 5.73 Å². The fraction of sp³-hybridized carbons (Fsp3) is 0.125. The third-order valence-corrected chi connectivity index (χ3v) is 1.61. The summed E-state index contributed by atoms with van der Waals surface area (Å²) in [6.07, 6.45) is 3.74. The SMILES string of the molecule is C=C(N)Cc1ncc2nc[nH]c2n1. The van der Waals surface area contributed by atoms with Crippen molar-refractivity contribution in [3.63, 3.8) is 0 Å². The van der Waals surface area contributed by atoms with E-state index in [-0.39, 0.29) is 0 Å². The van der Waals surface area contributed by atoms with Crippen LogP contribution in [0.4, 0.5) is 0 Å². The van der Waals surface area contributed by atoms with E-state index in [1.54, 1.807) is 12.5 Å². The van der Waals surface area contributed by atoms with Crippen LogP contribution in [0.25, 0.3) is 11.2 Å².